The fourth-order valence-electron chi connectivity index (χ4n) is 2.92. The molecule has 11 heavy (non-hydrogen) atoms. The summed E-state index contributed by atoms with van der Waals surface area (Å²) in [7, 11) is 0. The highest BCUT2D eigenvalue weighted by molar-refractivity contribution is 5.19. The van der Waals surface area contributed by atoms with Gasteiger partial charge in [-0.3, -0.25) is 0 Å². The van der Waals surface area contributed by atoms with Crippen molar-refractivity contribution in [1.29, 1.82) is 0 Å². The van der Waals surface area contributed by atoms with E-state index in [1.54, 1.807) is 0 Å². The predicted molar refractivity (Wildman–Crippen MR) is 46.4 cm³/mol. The van der Waals surface area contributed by atoms with Gasteiger partial charge in [-0.2, -0.15) is 0 Å². The van der Waals surface area contributed by atoms with Gasteiger partial charge in [-0.25, -0.2) is 0 Å². The summed E-state index contributed by atoms with van der Waals surface area (Å²) in [6, 6.07) is 0.609. The molecule has 2 nitrogen and oxygen atoms in total. The molecular weight excluding hydrogens is 136 g/mol. The van der Waals surface area contributed by atoms with E-state index >= 15 is 0 Å². The van der Waals surface area contributed by atoms with Gasteiger partial charge in [-0.05, 0) is 25.7 Å². The molecule has 0 aromatic rings. The first-order valence-electron chi connectivity index (χ1n) is 4.60. The summed E-state index contributed by atoms with van der Waals surface area (Å²) in [6.07, 6.45) is 4.94. The molecule has 3 aliphatic rings. The third kappa shape index (κ3) is 1.09. The van der Waals surface area contributed by atoms with Crippen LogP contribution >= 0.6 is 0 Å². The topological polar surface area (TPSA) is 38.0 Å². The Labute approximate surface area is 68.5 Å². The van der Waals surface area contributed by atoms with Crippen molar-refractivity contribution in [3.05, 3.63) is 0 Å². The Kier molecular flexibility index (Phi) is 1.37. The maximum Gasteiger partial charge on any atom is 0.0219 e. The van der Waals surface area contributed by atoms with Crippen LogP contribution in [0, 0.1) is 0 Å². The van der Waals surface area contributed by atoms with E-state index in [-0.39, 0.29) is 5.54 Å². The number of hydrogen-bond acceptors (Lipinski definition) is 2. The van der Waals surface area contributed by atoms with Crippen LogP contribution in [0.1, 0.15) is 39.5 Å². The summed E-state index contributed by atoms with van der Waals surface area (Å²) in [5.74, 6) is 0. The quantitative estimate of drug-likeness (QED) is 0.623. The van der Waals surface area contributed by atoms with Gasteiger partial charge in [0.25, 0.3) is 0 Å². The lowest BCUT2D eigenvalue weighted by atomic mass is 9.71. The molecule has 3 fully saturated rings. The van der Waals surface area contributed by atoms with Crippen LogP contribution in [0.5, 0.6) is 0 Å². The minimum Gasteiger partial charge on any atom is -0.325 e. The molecule has 0 aromatic carbocycles. The van der Waals surface area contributed by atoms with Gasteiger partial charge >= 0.3 is 0 Å². The molecule has 0 unspecified atom stereocenters. The van der Waals surface area contributed by atoms with E-state index in [1.807, 2.05) is 0 Å². The molecule has 2 heteroatoms. The molecule has 3 saturated carbocycles. The third-order valence-corrected chi connectivity index (χ3v) is 3.08. The molecule has 0 aromatic heterocycles. The van der Waals surface area contributed by atoms with Crippen LogP contribution < -0.4 is 11.1 Å². The number of rotatable bonds is 2. The normalized spacial score (nSPS) is 48.0. The van der Waals surface area contributed by atoms with Crippen molar-refractivity contribution in [3.63, 3.8) is 0 Å². The lowest BCUT2D eigenvalue weighted by molar-refractivity contribution is 0.148. The van der Waals surface area contributed by atoms with Crippen molar-refractivity contribution in [1.82, 2.24) is 5.32 Å². The minimum absolute atomic E-state index is 0.224. The molecule has 0 radical (unpaired) electrons. The number of nitrogens with two attached hydrogens (primary N) is 1. The summed E-state index contributed by atoms with van der Waals surface area (Å²) in [4.78, 5) is 0. The van der Waals surface area contributed by atoms with Crippen LogP contribution in [0.2, 0.25) is 0 Å². The summed E-state index contributed by atoms with van der Waals surface area (Å²) in [6.45, 7) is 4.42. The van der Waals surface area contributed by atoms with E-state index in [4.69, 9.17) is 5.73 Å². The molecule has 0 atom stereocenters. The fraction of sp³-hybridized carbons (Fsp3) is 1.00. The van der Waals surface area contributed by atoms with E-state index in [1.165, 1.54) is 25.7 Å². The Hall–Kier alpha value is -0.0800. The Bertz CT molecular complexity index is 168. The molecule has 2 bridgehead atoms. The van der Waals surface area contributed by atoms with Gasteiger partial charge in [0.2, 0.25) is 0 Å². The number of fused-ring (bicyclic) bond motifs is 1. The monoisotopic (exact) mass is 154 g/mol. The SMILES string of the molecule is CC(C)NC12CCC(N)(C1)C2. The van der Waals surface area contributed by atoms with Crippen molar-refractivity contribution < 1.29 is 0 Å². The molecule has 3 rings (SSSR count). The van der Waals surface area contributed by atoms with Crippen molar-refractivity contribution in [2.45, 2.75) is 56.7 Å². The molecule has 0 amide bonds. The largest absolute Gasteiger partial charge is 0.325 e. The van der Waals surface area contributed by atoms with Crippen molar-refractivity contribution >= 4 is 0 Å². The average Bonchev–Trinajstić information content (AvgIpc) is 2.17. The Morgan fingerprint density at radius 1 is 1.27 bits per heavy atom. The summed E-state index contributed by atoms with van der Waals surface area (Å²) in [5, 5.41) is 3.63. The number of nitrogens with one attached hydrogen (secondary N) is 1. The van der Waals surface area contributed by atoms with Gasteiger partial charge in [0, 0.05) is 17.1 Å². The maximum absolute atomic E-state index is 6.06. The summed E-state index contributed by atoms with van der Waals surface area (Å²) < 4.78 is 0. The Morgan fingerprint density at radius 3 is 2.27 bits per heavy atom. The third-order valence-electron chi connectivity index (χ3n) is 3.08. The first kappa shape index (κ1) is 7.56. The molecule has 3 N–H and O–H groups in total. The zero-order valence-corrected chi connectivity index (χ0v) is 7.48. The Balaban J connectivity index is 1.97. The van der Waals surface area contributed by atoms with Crippen LogP contribution in [-0.4, -0.2) is 17.1 Å². The predicted octanol–water partition coefficient (Wildman–Crippen LogP) is 1.01. The lowest BCUT2D eigenvalue weighted by Gasteiger charge is -2.46. The fourth-order valence-corrected chi connectivity index (χ4v) is 2.92. The highest BCUT2D eigenvalue weighted by atomic mass is 15.1. The van der Waals surface area contributed by atoms with Gasteiger partial charge in [0.05, 0.1) is 0 Å². The van der Waals surface area contributed by atoms with Gasteiger partial charge in [0.15, 0.2) is 0 Å². The van der Waals surface area contributed by atoms with Crippen molar-refractivity contribution in [2.75, 3.05) is 0 Å². The molecule has 0 aliphatic heterocycles. The first-order chi connectivity index (χ1) is 5.04. The molecule has 0 spiro atoms. The lowest BCUT2D eigenvalue weighted by Crippen LogP contribution is -2.62. The van der Waals surface area contributed by atoms with Crippen molar-refractivity contribution in [3.8, 4) is 0 Å². The molecule has 64 valence electrons. The Morgan fingerprint density at radius 2 is 1.91 bits per heavy atom. The van der Waals surface area contributed by atoms with E-state index in [2.05, 4.69) is 19.2 Å². The zero-order chi connectivity index (χ0) is 8.11. The second-order valence-electron chi connectivity index (χ2n) is 4.80. The van der Waals surface area contributed by atoms with Crippen LogP contribution in [0.4, 0.5) is 0 Å². The molecule has 0 saturated heterocycles. The van der Waals surface area contributed by atoms with Gasteiger partial charge in [0.1, 0.15) is 0 Å². The maximum atomic E-state index is 6.06. The summed E-state index contributed by atoms with van der Waals surface area (Å²) in [5.41, 5.74) is 6.74. The van der Waals surface area contributed by atoms with Crippen LogP contribution in [-0.2, 0) is 0 Å². The molecular formula is C9H18N2. The van der Waals surface area contributed by atoms with Crippen LogP contribution in [0.15, 0.2) is 0 Å². The highest BCUT2D eigenvalue weighted by Crippen LogP contribution is 2.53. The second kappa shape index (κ2) is 1.99. The number of hydrogen-bond donors (Lipinski definition) is 2. The van der Waals surface area contributed by atoms with E-state index in [0.717, 1.165) is 0 Å². The van der Waals surface area contributed by atoms with Crippen molar-refractivity contribution in [2.24, 2.45) is 5.73 Å². The minimum atomic E-state index is 0.224. The van der Waals surface area contributed by atoms with Crippen LogP contribution in [0.3, 0.4) is 0 Å². The highest BCUT2D eigenvalue weighted by Gasteiger charge is 2.58. The van der Waals surface area contributed by atoms with Gasteiger partial charge in [-0.15, -0.1) is 0 Å². The smallest absolute Gasteiger partial charge is 0.0219 e. The molecule has 3 aliphatic carbocycles. The first-order valence-corrected chi connectivity index (χ1v) is 4.60. The van der Waals surface area contributed by atoms with E-state index < -0.39 is 0 Å². The average molecular weight is 154 g/mol. The zero-order valence-electron chi connectivity index (χ0n) is 7.48. The summed E-state index contributed by atoms with van der Waals surface area (Å²) >= 11 is 0. The standard InChI is InChI=1S/C9H18N2/c1-7(2)11-9-4-3-8(10,5-9)6-9/h7,11H,3-6,10H2,1-2H3. The van der Waals surface area contributed by atoms with E-state index in [0.29, 0.717) is 11.6 Å². The van der Waals surface area contributed by atoms with Gasteiger partial charge in [-0.1, -0.05) is 13.8 Å². The van der Waals surface area contributed by atoms with Crippen LogP contribution in [0.25, 0.3) is 0 Å². The van der Waals surface area contributed by atoms with E-state index in [9.17, 15) is 0 Å². The molecule has 0 heterocycles. The second-order valence-corrected chi connectivity index (χ2v) is 4.80. The van der Waals surface area contributed by atoms with Gasteiger partial charge < -0.3 is 11.1 Å².